The van der Waals surface area contributed by atoms with E-state index >= 15 is 0 Å². The average Bonchev–Trinajstić information content (AvgIpc) is 3.13. The zero-order valence-corrected chi connectivity index (χ0v) is 18.7. The number of aryl methyl sites for hydroxylation is 1. The molecule has 9 nitrogen and oxygen atoms in total. The molecule has 0 saturated carbocycles. The SMILES string of the molecule is COCCOC(=O)Nc1cccc(NC(=O)CCn2c(-c3cccc(C)c3)n[nH]c2=S)c1. The number of H-pyrrole nitrogens is 1. The van der Waals surface area contributed by atoms with E-state index in [0.717, 1.165) is 11.1 Å². The minimum absolute atomic E-state index is 0.153. The lowest BCUT2D eigenvalue weighted by Crippen LogP contribution is -2.17. The van der Waals surface area contributed by atoms with Gasteiger partial charge in [-0.05, 0) is 43.4 Å². The molecule has 3 rings (SSSR count). The van der Waals surface area contributed by atoms with Crippen LogP contribution in [0.4, 0.5) is 16.2 Å². The highest BCUT2D eigenvalue weighted by atomic mass is 32.1. The van der Waals surface area contributed by atoms with Gasteiger partial charge in [-0.2, -0.15) is 5.10 Å². The van der Waals surface area contributed by atoms with Crippen LogP contribution >= 0.6 is 12.2 Å². The molecule has 0 spiro atoms. The first-order chi connectivity index (χ1) is 15.5. The Morgan fingerprint density at radius 2 is 1.84 bits per heavy atom. The summed E-state index contributed by atoms with van der Waals surface area (Å²) in [5.74, 6) is 0.493. The number of hydrogen-bond donors (Lipinski definition) is 3. The van der Waals surface area contributed by atoms with Crippen LogP contribution in [0.3, 0.4) is 0 Å². The first-order valence-corrected chi connectivity index (χ1v) is 10.4. The van der Waals surface area contributed by atoms with Crippen LogP contribution in [0.5, 0.6) is 0 Å². The Morgan fingerprint density at radius 1 is 1.09 bits per heavy atom. The highest BCUT2D eigenvalue weighted by Gasteiger charge is 2.12. The number of nitrogens with one attached hydrogen (secondary N) is 3. The van der Waals surface area contributed by atoms with Crippen LogP contribution in [0.1, 0.15) is 12.0 Å². The summed E-state index contributed by atoms with van der Waals surface area (Å²) in [6, 6.07) is 14.7. The van der Waals surface area contributed by atoms with Crippen LogP contribution in [0, 0.1) is 11.7 Å². The molecule has 0 aliphatic heterocycles. The van der Waals surface area contributed by atoms with Gasteiger partial charge in [-0.3, -0.25) is 19.8 Å². The summed E-state index contributed by atoms with van der Waals surface area (Å²) >= 11 is 5.34. The number of benzene rings is 2. The standard InChI is InChI=1S/C22H25N5O4S/c1-15-5-3-6-16(13-15)20-25-26-21(32)27(20)10-9-19(28)23-17-7-4-8-18(14-17)24-22(29)31-12-11-30-2/h3-8,13-14H,9-12H2,1-2H3,(H,23,28)(H,24,29)(H,26,32). The lowest BCUT2D eigenvalue weighted by atomic mass is 10.1. The molecule has 2 amide bonds. The number of anilines is 2. The summed E-state index contributed by atoms with van der Waals surface area (Å²) in [7, 11) is 1.53. The molecular weight excluding hydrogens is 430 g/mol. The van der Waals surface area contributed by atoms with Crippen LogP contribution in [0.2, 0.25) is 0 Å². The third-order valence-corrected chi connectivity index (χ3v) is 4.82. The first-order valence-electron chi connectivity index (χ1n) is 10.0. The minimum atomic E-state index is -0.594. The van der Waals surface area contributed by atoms with Gasteiger partial charge in [0.05, 0.1) is 6.61 Å². The van der Waals surface area contributed by atoms with E-state index in [1.54, 1.807) is 28.8 Å². The average molecular weight is 456 g/mol. The fraction of sp³-hybridized carbons (Fsp3) is 0.273. The molecule has 0 aliphatic rings. The van der Waals surface area contributed by atoms with Crippen LogP contribution in [0.25, 0.3) is 11.4 Å². The number of carbonyl (C=O) groups is 2. The Labute approximate surface area is 190 Å². The molecule has 1 aromatic heterocycles. The zero-order valence-electron chi connectivity index (χ0n) is 17.9. The van der Waals surface area contributed by atoms with Gasteiger partial charge in [0.2, 0.25) is 5.91 Å². The molecule has 0 radical (unpaired) electrons. The molecule has 10 heteroatoms. The third kappa shape index (κ3) is 6.50. The van der Waals surface area contributed by atoms with Crippen molar-refractivity contribution in [3.63, 3.8) is 0 Å². The first kappa shape index (κ1) is 23.2. The number of ether oxygens (including phenoxy) is 2. The zero-order chi connectivity index (χ0) is 22.9. The van der Waals surface area contributed by atoms with Gasteiger partial charge in [0.15, 0.2) is 10.6 Å². The number of nitrogens with zero attached hydrogens (tertiary/aromatic N) is 2. The second-order valence-electron chi connectivity index (χ2n) is 7.01. The van der Waals surface area contributed by atoms with Crippen molar-refractivity contribution in [3.05, 3.63) is 58.9 Å². The second kappa shape index (κ2) is 11.2. The summed E-state index contributed by atoms with van der Waals surface area (Å²) in [6.45, 7) is 2.84. The summed E-state index contributed by atoms with van der Waals surface area (Å²) < 4.78 is 12.1. The monoisotopic (exact) mass is 455 g/mol. The van der Waals surface area contributed by atoms with Crippen molar-refractivity contribution in [2.24, 2.45) is 0 Å². The second-order valence-corrected chi connectivity index (χ2v) is 7.39. The van der Waals surface area contributed by atoms with E-state index in [2.05, 4.69) is 20.8 Å². The lowest BCUT2D eigenvalue weighted by molar-refractivity contribution is -0.116. The Bertz CT molecular complexity index is 1140. The molecular formula is C22H25N5O4S. The van der Waals surface area contributed by atoms with Crippen molar-refractivity contribution in [3.8, 4) is 11.4 Å². The minimum Gasteiger partial charge on any atom is -0.447 e. The van der Waals surface area contributed by atoms with E-state index in [4.69, 9.17) is 21.7 Å². The topological polar surface area (TPSA) is 110 Å². The van der Waals surface area contributed by atoms with Crippen LogP contribution in [0.15, 0.2) is 48.5 Å². The van der Waals surface area contributed by atoms with Gasteiger partial charge in [-0.15, -0.1) is 0 Å². The van der Waals surface area contributed by atoms with Crippen molar-refractivity contribution in [2.45, 2.75) is 19.9 Å². The number of aromatic nitrogens is 3. The molecule has 2 aromatic carbocycles. The van der Waals surface area contributed by atoms with Gasteiger partial charge in [0, 0.05) is 37.0 Å². The van der Waals surface area contributed by atoms with Gasteiger partial charge in [-0.25, -0.2) is 4.79 Å². The van der Waals surface area contributed by atoms with Crippen molar-refractivity contribution >= 4 is 35.6 Å². The largest absolute Gasteiger partial charge is 0.447 e. The van der Waals surface area contributed by atoms with Crippen LogP contribution in [-0.2, 0) is 20.8 Å². The Morgan fingerprint density at radius 3 is 2.59 bits per heavy atom. The third-order valence-electron chi connectivity index (χ3n) is 4.51. The van der Waals surface area contributed by atoms with E-state index in [1.807, 2.05) is 31.2 Å². The van der Waals surface area contributed by atoms with Crippen molar-refractivity contribution in [1.82, 2.24) is 14.8 Å². The van der Waals surface area contributed by atoms with E-state index in [9.17, 15) is 9.59 Å². The fourth-order valence-corrected chi connectivity index (χ4v) is 3.24. The number of carbonyl (C=O) groups excluding carboxylic acids is 2. The Kier molecular flexibility index (Phi) is 8.12. The van der Waals surface area contributed by atoms with E-state index < -0.39 is 6.09 Å². The van der Waals surface area contributed by atoms with E-state index in [-0.39, 0.29) is 18.9 Å². The summed E-state index contributed by atoms with van der Waals surface area (Å²) in [6.07, 6.45) is -0.396. The van der Waals surface area contributed by atoms with Crippen molar-refractivity contribution in [1.29, 1.82) is 0 Å². The normalized spacial score (nSPS) is 10.6. The van der Waals surface area contributed by atoms with Crippen molar-refractivity contribution in [2.75, 3.05) is 31.0 Å². The molecule has 0 fully saturated rings. The maximum absolute atomic E-state index is 12.5. The van der Waals surface area contributed by atoms with Gasteiger partial charge < -0.3 is 14.8 Å². The Hall–Kier alpha value is -3.50. The van der Waals surface area contributed by atoms with Gasteiger partial charge in [0.1, 0.15) is 6.61 Å². The molecule has 3 aromatic rings. The lowest BCUT2D eigenvalue weighted by Gasteiger charge is -2.10. The van der Waals surface area contributed by atoms with Crippen LogP contribution < -0.4 is 10.6 Å². The molecule has 0 bridgehead atoms. The summed E-state index contributed by atoms with van der Waals surface area (Å²) in [5.41, 5.74) is 3.09. The molecule has 0 atom stereocenters. The molecule has 0 aliphatic carbocycles. The van der Waals surface area contributed by atoms with Gasteiger partial charge in [-0.1, -0.05) is 29.8 Å². The number of aromatic amines is 1. The molecule has 168 valence electrons. The fourth-order valence-electron chi connectivity index (χ4n) is 3.01. The molecule has 32 heavy (non-hydrogen) atoms. The smallest absolute Gasteiger partial charge is 0.411 e. The quantitative estimate of drug-likeness (QED) is 0.330. The number of amides is 2. The predicted octanol–water partition coefficient (Wildman–Crippen LogP) is 4.14. The maximum Gasteiger partial charge on any atom is 0.411 e. The number of methoxy groups -OCH3 is 1. The van der Waals surface area contributed by atoms with Crippen molar-refractivity contribution < 1.29 is 19.1 Å². The molecule has 1 heterocycles. The van der Waals surface area contributed by atoms with Gasteiger partial charge >= 0.3 is 6.09 Å². The Balaban J connectivity index is 1.59. The molecule has 0 saturated heterocycles. The number of hydrogen-bond acceptors (Lipinski definition) is 6. The van der Waals surface area contributed by atoms with E-state index in [0.29, 0.717) is 35.1 Å². The number of rotatable bonds is 9. The molecule has 3 N–H and O–H groups in total. The summed E-state index contributed by atoms with van der Waals surface area (Å²) in [5, 5.41) is 12.5. The predicted molar refractivity (Wildman–Crippen MR) is 124 cm³/mol. The highest BCUT2D eigenvalue weighted by Crippen LogP contribution is 2.19. The van der Waals surface area contributed by atoms with Gasteiger partial charge in [0.25, 0.3) is 0 Å². The van der Waals surface area contributed by atoms with E-state index in [1.165, 1.54) is 7.11 Å². The molecule has 0 unspecified atom stereocenters. The highest BCUT2D eigenvalue weighted by molar-refractivity contribution is 7.71. The summed E-state index contributed by atoms with van der Waals surface area (Å²) in [4.78, 5) is 24.3. The van der Waals surface area contributed by atoms with Crippen LogP contribution in [-0.4, -0.2) is 47.1 Å². The maximum atomic E-state index is 12.5.